The summed E-state index contributed by atoms with van der Waals surface area (Å²) in [5.41, 5.74) is 0.596. The number of piperidine rings is 1. The van der Waals surface area contributed by atoms with Crippen LogP contribution in [0.4, 0.5) is 4.79 Å². The summed E-state index contributed by atoms with van der Waals surface area (Å²) in [4.78, 5) is 19.5. The number of hydrogen-bond donors (Lipinski definition) is 0. The molecule has 7 heteroatoms. The van der Waals surface area contributed by atoms with Gasteiger partial charge in [-0.25, -0.2) is 4.79 Å². The van der Waals surface area contributed by atoms with Gasteiger partial charge in [0.25, 0.3) is 0 Å². The van der Waals surface area contributed by atoms with Gasteiger partial charge in [-0.2, -0.15) is 0 Å². The van der Waals surface area contributed by atoms with E-state index in [4.69, 9.17) is 27.9 Å². The van der Waals surface area contributed by atoms with E-state index in [0.29, 0.717) is 23.1 Å². The third-order valence-corrected chi connectivity index (χ3v) is 4.89. The van der Waals surface area contributed by atoms with Crippen molar-refractivity contribution in [2.24, 2.45) is 0 Å². The molecule has 21 heavy (non-hydrogen) atoms. The molecule has 3 heterocycles. The molecule has 2 aliphatic rings. The van der Waals surface area contributed by atoms with E-state index in [2.05, 4.69) is 9.88 Å². The van der Waals surface area contributed by atoms with Crippen LogP contribution in [0, 0.1) is 0 Å². The standard InChI is InChI=1S/C14H17Cl2N3O2/c1-18-9-14(21-13(18)20)2-4-19(5-3-14)8-10-11(15)6-17-7-12(10)16/h6-7H,2-5,8-9H2,1H3. The van der Waals surface area contributed by atoms with Crippen LogP contribution in [-0.2, 0) is 11.3 Å². The lowest BCUT2D eigenvalue weighted by Crippen LogP contribution is -2.46. The number of hydrogen-bond acceptors (Lipinski definition) is 4. The number of rotatable bonds is 2. The highest BCUT2D eigenvalue weighted by molar-refractivity contribution is 6.35. The molecule has 1 aromatic heterocycles. The lowest BCUT2D eigenvalue weighted by Gasteiger charge is -2.37. The highest BCUT2D eigenvalue weighted by atomic mass is 35.5. The van der Waals surface area contributed by atoms with Gasteiger partial charge in [0, 0.05) is 57.5 Å². The molecule has 0 radical (unpaired) electrons. The third kappa shape index (κ3) is 2.96. The van der Waals surface area contributed by atoms with E-state index >= 15 is 0 Å². The zero-order valence-electron chi connectivity index (χ0n) is 11.8. The maximum absolute atomic E-state index is 11.6. The summed E-state index contributed by atoms with van der Waals surface area (Å²) in [6, 6.07) is 0. The molecule has 0 bridgehead atoms. The van der Waals surface area contributed by atoms with Crippen LogP contribution in [-0.4, -0.2) is 53.2 Å². The van der Waals surface area contributed by atoms with E-state index in [1.807, 2.05) is 0 Å². The Morgan fingerprint density at radius 3 is 2.43 bits per heavy atom. The first-order valence-electron chi connectivity index (χ1n) is 6.93. The fourth-order valence-corrected chi connectivity index (χ4v) is 3.47. The maximum Gasteiger partial charge on any atom is 0.410 e. The van der Waals surface area contributed by atoms with Crippen molar-refractivity contribution in [2.45, 2.75) is 25.0 Å². The van der Waals surface area contributed by atoms with Gasteiger partial charge in [-0.05, 0) is 0 Å². The van der Waals surface area contributed by atoms with Crippen molar-refractivity contribution < 1.29 is 9.53 Å². The Morgan fingerprint density at radius 1 is 1.29 bits per heavy atom. The Balaban J connectivity index is 1.63. The summed E-state index contributed by atoms with van der Waals surface area (Å²) in [5.74, 6) is 0. The first-order chi connectivity index (χ1) is 9.99. The van der Waals surface area contributed by atoms with Crippen LogP contribution in [0.2, 0.25) is 10.0 Å². The zero-order chi connectivity index (χ0) is 15.0. The minimum Gasteiger partial charge on any atom is -0.441 e. The van der Waals surface area contributed by atoms with Crippen LogP contribution < -0.4 is 0 Å². The minimum atomic E-state index is -0.311. The number of ether oxygens (including phenoxy) is 1. The number of likely N-dealkylation sites (N-methyl/N-ethyl adjacent to an activating group) is 1. The highest BCUT2D eigenvalue weighted by Crippen LogP contribution is 2.34. The van der Waals surface area contributed by atoms with Crippen molar-refractivity contribution in [3.05, 3.63) is 28.0 Å². The first-order valence-corrected chi connectivity index (χ1v) is 7.69. The smallest absolute Gasteiger partial charge is 0.410 e. The Morgan fingerprint density at radius 2 is 1.90 bits per heavy atom. The van der Waals surface area contributed by atoms with Gasteiger partial charge < -0.3 is 9.64 Å². The predicted molar refractivity (Wildman–Crippen MR) is 80.6 cm³/mol. The van der Waals surface area contributed by atoms with Crippen LogP contribution >= 0.6 is 23.2 Å². The number of pyridine rings is 1. The molecule has 2 fully saturated rings. The molecule has 1 spiro atoms. The van der Waals surface area contributed by atoms with E-state index < -0.39 is 0 Å². The molecule has 0 saturated carbocycles. The van der Waals surface area contributed by atoms with Crippen molar-refractivity contribution in [1.29, 1.82) is 0 Å². The molecule has 0 aliphatic carbocycles. The number of carbonyl (C=O) groups is 1. The fourth-order valence-electron chi connectivity index (χ4n) is 2.98. The van der Waals surface area contributed by atoms with Crippen molar-refractivity contribution in [3.63, 3.8) is 0 Å². The number of carbonyl (C=O) groups excluding carboxylic acids is 1. The molecule has 2 saturated heterocycles. The van der Waals surface area contributed by atoms with Crippen LogP contribution in [0.25, 0.3) is 0 Å². The van der Waals surface area contributed by atoms with Crippen LogP contribution in [0.1, 0.15) is 18.4 Å². The Hall–Kier alpha value is -1.04. The molecule has 0 aromatic carbocycles. The lowest BCUT2D eigenvalue weighted by molar-refractivity contribution is -0.00118. The van der Waals surface area contributed by atoms with Crippen LogP contribution in [0.3, 0.4) is 0 Å². The van der Waals surface area contributed by atoms with Gasteiger partial charge in [-0.1, -0.05) is 23.2 Å². The molecule has 0 N–H and O–H groups in total. The number of nitrogens with zero attached hydrogens (tertiary/aromatic N) is 3. The summed E-state index contributed by atoms with van der Waals surface area (Å²) in [7, 11) is 1.78. The van der Waals surface area contributed by atoms with Gasteiger partial charge in [-0.3, -0.25) is 9.88 Å². The molecule has 1 aromatic rings. The van der Waals surface area contributed by atoms with Gasteiger partial charge in [0.2, 0.25) is 0 Å². The van der Waals surface area contributed by atoms with E-state index in [1.165, 1.54) is 0 Å². The summed E-state index contributed by atoms with van der Waals surface area (Å²) in [5, 5.41) is 1.18. The summed E-state index contributed by atoms with van der Waals surface area (Å²) >= 11 is 12.3. The Labute approximate surface area is 133 Å². The quantitative estimate of drug-likeness (QED) is 0.837. The molecular formula is C14H17Cl2N3O2. The minimum absolute atomic E-state index is 0.219. The summed E-state index contributed by atoms with van der Waals surface area (Å²) in [6.07, 6.45) is 4.68. The second kappa shape index (κ2) is 5.63. The monoisotopic (exact) mass is 329 g/mol. The van der Waals surface area contributed by atoms with Crippen molar-refractivity contribution in [2.75, 3.05) is 26.7 Å². The normalized spacial score (nSPS) is 21.9. The van der Waals surface area contributed by atoms with E-state index in [9.17, 15) is 4.79 Å². The van der Waals surface area contributed by atoms with Gasteiger partial charge in [0.1, 0.15) is 5.60 Å². The second-order valence-corrected chi connectivity index (χ2v) is 6.58. The summed E-state index contributed by atoms with van der Waals surface area (Å²) in [6.45, 7) is 3.09. The number of likely N-dealkylation sites (tertiary alicyclic amines) is 1. The fraction of sp³-hybridized carbons (Fsp3) is 0.571. The molecule has 114 valence electrons. The molecule has 2 aliphatic heterocycles. The van der Waals surface area contributed by atoms with E-state index in [-0.39, 0.29) is 11.7 Å². The molecule has 3 rings (SSSR count). The second-order valence-electron chi connectivity index (χ2n) is 5.76. The molecule has 1 amide bonds. The third-order valence-electron chi connectivity index (χ3n) is 4.24. The number of amides is 1. The predicted octanol–water partition coefficient (Wildman–Crippen LogP) is 2.81. The van der Waals surface area contributed by atoms with Crippen LogP contribution in [0.5, 0.6) is 0 Å². The van der Waals surface area contributed by atoms with Gasteiger partial charge >= 0.3 is 6.09 Å². The highest BCUT2D eigenvalue weighted by Gasteiger charge is 2.45. The summed E-state index contributed by atoms with van der Waals surface area (Å²) < 4.78 is 5.55. The van der Waals surface area contributed by atoms with E-state index in [1.54, 1.807) is 24.3 Å². The lowest BCUT2D eigenvalue weighted by atomic mass is 9.91. The maximum atomic E-state index is 11.6. The zero-order valence-corrected chi connectivity index (χ0v) is 13.3. The van der Waals surface area contributed by atoms with Gasteiger partial charge in [0.05, 0.1) is 16.6 Å². The SMILES string of the molecule is CN1CC2(CCN(Cc3c(Cl)cncc3Cl)CC2)OC1=O. The largest absolute Gasteiger partial charge is 0.441 e. The average Bonchev–Trinajstić information content (AvgIpc) is 2.71. The van der Waals surface area contributed by atoms with Gasteiger partial charge in [-0.15, -0.1) is 0 Å². The van der Waals surface area contributed by atoms with Crippen molar-refractivity contribution in [3.8, 4) is 0 Å². The van der Waals surface area contributed by atoms with E-state index in [0.717, 1.165) is 31.5 Å². The molecule has 0 atom stereocenters. The molecular weight excluding hydrogens is 313 g/mol. The molecule has 5 nitrogen and oxygen atoms in total. The number of aromatic nitrogens is 1. The van der Waals surface area contributed by atoms with Crippen molar-refractivity contribution >= 4 is 29.3 Å². The van der Waals surface area contributed by atoms with Gasteiger partial charge in [0.15, 0.2) is 0 Å². The van der Waals surface area contributed by atoms with Crippen LogP contribution in [0.15, 0.2) is 12.4 Å². The first kappa shape index (κ1) is 14.9. The molecule has 0 unspecified atom stereocenters. The van der Waals surface area contributed by atoms with Crippen molar-refractivity contribution in [1.82, 2.24) is 14.8 Å². The Kier molecular flexibility index (Phi) is 3.99. The topological polar surface area (TPSA) is 45.7 Å². The Bertz CT molecular complexity index is 539. The average molecular weight is 330 g/mol. The number of halogens is 2.